The Bertz CT molecular complexity index is 988. The van der Waals surface area contributed by atoms with Crippen LogP contribution in [0.15, 0.2) is 65.8 Å². The van der Waals surface area contributed by atoms with Crippen LogP contribution in [0.1, 0.15) is 24.8 Å². The van der Waals surface area contributed by atoms with Gasteiger partial charge in [-0.1, -0.05) is 43.3 Å². The number of amides is 1. The molecule has 0 spiro atoms. The lowest BCUT2D eigenvalue weighted by molar-refractivity contribution is -0.120. The Balaban J connectivity index is 1.85. The highest BCUT2D eigenvalue weighted by molar-refractivity contribution is 7.90. The summed E-state index contributed by atoms with van der Waals surface area (Å²) in [4.78, 5) is 12.5. The molecule has 3 rings (SSSR count). The van der Waals surface area contributed by atoms with E-state index in [1.54, 1.807) is 24.3 Å². The lowest BCUT2D eigenvalue weighted by atomic mass is 9.96. The molecule has 0 radical (unpaired) electrons. The molecule has 0 saturated carbocycles. The number of carbonyl (C=O) groups is 1. The number of carbonyl (C=O) groups excluding carboxylic acids is 1. The molecule has 1 aromatic heterocycles. The van der Waals surface area contributed by atoms with E-state index in [0.29, 0.717) is 12.1 Å². The summed E-state index contributed by atoms with van der Waals surface area (Å²) in [5, 5.41) is 10.8. The van der Waals surface area contributed by atoms with Crippen LogP contribution in [0.5, 0.6) is 0 Å². The van der Waals surface area contributed by atoms with Gasteiger partial charge in [0.2, 0.25) is 5.91 Å². The van der Waals surface area contributed by atoms with Crippen LogP contribution in [-0.2, 0) is 14.8 Å². The zero-order valence-corrected chi connectivity index (χ0v) is 14.8. The molecule has 2 aromatic carbocycles. The molecule has 0 aliphatic heterocycles. The van der Waals surface area contributed by atoms with Crippen LogP contribution in [0.3, 0.4) is 0 Å². The topological polar surface area (TPSA) is 107 Å². The molecule has 1 amide bonds. The average molecular weight is 371 g/mol. The summed E-state index contributed by atoms with van der Waals surface area (Å²) in [6.07, 6.45) is 1.84. The number of sulfonamides is 1. The fourth-order valence-corrected chi connectivity index (χ4v) is 3.65. The van der Waals surface area contributed by atoms with Crippen LogP contribution < -0.4 is 4.72 Å². The van der Waals surface area contributed by atoms with E-state index in [1.807, 2.05) is 25.1 Å². The zero-order valence-electron chi connectivity index (χ0n) is 14.0. The van der Waals surface area contributed by atoms with E-state index < -0.39 is 21.8 Å². The molecule has 3 aromatic rings. The molecule has 0 bridgehead atoms. The van der Waals surface area contributed by atoms with Crippen LogP contribution in [-0.4, -0.2) is 34.5 Å². The molecule has 9 heteroatoms. The summed E-state index contributed by atoms with van der Waals surface area (Å²) >= 11 is 0. The molecule has 0 fully saturated rings. The first-order chi connectivity index (χ1) is 12.5. The monoisotopic (exact) mass is 371 g/mol. The molecule has 0 saturated heterocycles. The number of rotatable bonds is 6. The third kappa shape index (κ3) is 3.77. The van der Waals surface area contributed by atoms with Gasteiger partial charge in [0.15, 0.2) is 0 Å². The van der Waals surface area contributed by atoms with Crippen molar-refractivity contribution in [3.63, 3.8) is 0 Å². The highest BCUT2D eigenvalue weighted by Gasteiger charge is 2.25. The van der Waals surface area contributed by atoms with Gasteiger partial charge in [0.1, 0.15) is 6.33 Å². The van der Waals surface area contributed by atoms with Crippen molar-refractivity contribution in [1.29, 1.82) is 0 Å². The highest BCUT2D eigenvalue weighted by atomic mass is 32.2. The van der Waals surface area contributed by atoms with Crippen molar-refractivity contribution < 1.29 is 13.2 Å². The van der Waals surface area contributed by atoms with Gasteiger partial charge >= 0.3 is 0 Å². The van der Waals surface area contributed by atoms with Crippen LogP contribution >= 0.6 is 0 Å². The molecule has 26 heavy (non-hydrogen) atoms. The Hall–Kier alpha value is -3.07. The first-order valence-electron chi connectivity index (χ1n) is 7.96. The Labute approximate surface area is 150 Å². The van der Waals surface area contributed by atoms with E-state index in [-0.39, 0.29) is 4.90 Å². The predicted molar refractivity (Wildman–Crippen MR) is 94.0 cm³/mol. The lowest BCUT2D eigenvalue weighted by Crippen LogP contribution is -2.34. The lowest BCUT2D eigenvalue weighted by Gasteiger charge is -2.15. The average Bonchev–Trinajstić information content (AvgIpc) is 3.18. The van der Waals surface area contributed by atoms with Gasteiger partial charge in [0, 0.05) is 0 Å². The molecule has 1 heterocycles. The van der Waals surface area contributed by atoms with E-state index in [9.17, 15) is 13.2 Å². The minimum atomic E-state index is -4.02. The number of tetrazole rings is 1. The van der Waals surface area contributed by atoms with Gasteiger partial charge in [0.25, 0.3) is 10.0 Å². The van der Waals surface area contributed by atoms with Gasteiger partial charge in [-0.05, 0) is 40.6 Å². The smallest absolute Gasteiger partial charge is 0.264 e. The number of hydrogen-bond acceptors (Lipinski definition) is 6. The fraction of sp³-hybridized carbons (Fsp3) is 0.176. The fourth-order valence-electron chi connectivity index (χ4n) is 2.59. The van der Waals surface area contributed by atoms with Crippen molar-refractivity contribution in [1.82, 2.24) is 24.9 Å². The third-order valence-electron chi connectivity index (χ3n) is 3.90. The standard InChI is InChI=1S/C17H17N5O3S/c1-2-16(13-7-4-3-5-8-13)17(23)19-26(24,25)15-10-6-9-14(11-15)22-12-18-20-21-22/h3-12,16H,2H2,1H3,(H,19,23). The van der Waals surface area contributed by atoms with Gasteiger partial charge in [-0.25, -0.2) is 17.8 Å². The largest absolute Gasteiger partial charge is 0.273 e. The van der Waals surface area contributed by atoms with Crippen molar-refractivity contribution in [2.24, 2.45) is 0 Å². The van der Waals surface area contributed by atoms with Crippen LogP contribution in [0.2, 0.25) is 0 Å². The van der Waals surface area contributed by atoms with E-state index in [2.05, 4.69) is 20.2 Å². The maximum atomic E-state index is 12.6. The van der Waals surface area contributed by atoms with Crippen molar-refractivity contribution in [3.05, 3.63) is 66.5 Å². The second-order valence-corrected chi connectivity index (χ2v) is 7.28. The summed E-state index contributed by atoms with van der Waals surface area (Å²) in [7, 11) is -4.02. The summed E-state index contributed by atoms with van der Waals surface area (Å²) in [5.74, 6) is -1.11. The molecule has 8 nitrogen and oxygen atoms in total. The van der Waals surface area contributed by atoms with Gasteiger partial charge < -0.3 is 0 Å². The number of nitrogens with zero attached hydrogens (tertiary/aromatic N) is 4. The van der Waals surface area contributed by atoms with Crippen LogP contribution in [0.25, 0.3) is 5.69 Å². The summed E-state index contributed by atoms with van der Waals surface area (Å²) in [5.41, 5.74) is 1.24. The molecule has 1 N–H and O–H groups in total. The number of nitrogens with one attached hydrogen (secondary N) is 1. The molecule has 1 atom stereocenters. The number of benzene rings is 2. The Kier molecular flexibility index (Phi) is 5.08. The molecule has 134 valence electrons. The quantitative estimate of drug-likeness (QED) is 0.706. The maximum Gasteiger partial charge on any atom is 0.264 e. The predicted octanol–water partition coefficient (Wildman–Crippen LogP) is 1.66. The zero-order chi connectivity index (χ0) is 18.6. The van der Waals surface area contributed by atoms with Crippen molar-refractivity contribution in [2.45, 2.75) is 24.2 Å². The third-order valence-corrected chi connectivity index (χ3v) is 5.25. The van der Waals surface area contributed by atoms with Crippen LogP contribution in [0.4, 0.5) is 0 Å². The Morgan fingerprint density at radius 3 is 2.58 bits per heavy atom. The molecule has 0 aliphatic rings. The first-order valence-corrected chi connectivity index (χ1v) is 9.44. The van der Waals surface area contributed by atoms with E-state index in [4.69, 9.17) is 0 Å². The Morgan fingerprint density at radius 2 is 1.92 bits per heavy atom. The van der Waals surface area contributed by atoms with Crippen molar-refractivity contribution in [2.75, 3.05) is 0 Å². The Morgan fingerprint density at radius 1 is 1.15 bits per heavy atom. The van der Waals surface area contributed by atoms with E-state index >= 15 is 0 Å². The van der Waals surface area contributed by atoms with E-state index in [1.165, 1.54) is 23.1 Å². The summed E-state index contributed by atoms with van der Waals surface area (Å²) in [6.45, 7) is 1.84. The van der Waals surface area contributed by atoms with Crippen molar-refractivity contribution >= 4 is 15.9 Å². The van der Waals surface area contributed by atoms with Crippen LogP contribution in [0, 0.1) is 0 Å². The van der Waals surface area contributed by atoms with Gasteiger partial charge in [0.05, 0.1) is 16.5 Å². The molecular weight excluding hydrogens is 354 g/mol. The van der Waals surface area contributed by atoms with E-state index in [0.717, 1.165) is 5.56 Å². The molecule has 1 unspecified atom stereocenters. The molecule has 0 aliphatic carbocycles. The van der Waals surface area contributed by atoms with Gasteiger partial charge in [-0.15, -0.1) is 5.10 Å². The van der Waals surface area contributed by atoms with Gasteiger partial charge in [-0.2, -0.15) is 0 Å². The SMILES string of the molecule is CCC(C(=O)NS(=O)(=O)c1cccc(-n2cnnn2)c1)c1ccccc1. The summed E-state index contributed by atoms with van der Waals surface area (Å²) in [6, 6.07) is 15.1. The molecular formula is C17H17N5O3S. The summed E-state index contributed by atoms with van der Waals surface area (Å²) < 4.78 is 28.7. The minimum Gasteiger partial charge on any atom is -0.273 e. The normalized spacial score (nSPS) is 12.5. The first kappa shape index (κ1) is 17.7. The number of aromatic nitrogens is 4. The maximum absolute atomic E-state index is 12.6. The highest BCUT2D eigenvalue weighted by Crippen LogP contribution is 2.21. The second-order valence-electron chi connectivity index (χ2n) is 5.59. The number of hydrogen-bond donors (Lipinski definition) is 1. The minimum absolute atomic E-state index is 0.0400. The van der Waals surface area contributed by atoms with Crippen molar-refractivity contribution in [3.8, 4) is 5.69 Å². The second kappa shape index (κ2) is 7.44. The van der Waals surface area contributed by atoms with Gasteiger partial charge in [-0.3, -0.25) is 4.79 Å².